The first-order valence-electron chi connectivity index (χ1n) is 8.31. The maximum Gasteiger partial charge on any atom is 0.274 e. The molecule has 0 spiro atoms. The third-order valence-electron chi connectivity index (χ3n) is 3.86. The number of carbonyl (C=O) groups excluding carboxylic acids is 1. The van der Waals surface area contributed by atoms with Crippen molar-refractivity contribution in [1.82, 2.24) is 4.98 Å². The van der Waals surface area contributed by atoms with Crippen molar-refractivity contribution in [2.75, 3.05) is 17.7 Å². The molecule has 1 heterocycles. The first-order chi connectivity index (χ1) is 12.5. The van der Waals surface area contributed by atoms with Crippen LogP contribution in [0.1, 0.15) is 21.6 Å². The van der Waals surface area contributed by atoms with Gasteiger partial charge in [0.25, 0.3) is 5.91 Å². The van der Waals surface area contributed by atoms with Crippen molar-refractivity contribution in [3.05, 3.63) is 77.6 Å². The maximum atomic E-state index is 12.5. The van der Waals surface area contributed by atoms with Crippen LogP contribution in [-0.2, 0) is 0 Å². The minimum atomic E-state index is -0.293. The first kappa shape index (κ1) is 17.5. The molecule has 3 aromatic rings. The Bertz CT molecular complexity index is 918. The number of nitrogens with one attached hydrogen (secondary N) is 2. The zero-order valence-electron chi connectivity index (χ0n) is 15.0. The van der Waals surface area contributed by atoms with Gasteiger partial charge >= 0.3 is 0 Å². The van der Waals surface area contributed by atoms with E-state index in [0.29, 0.717) is 17.1 Å². The van der Waals surface area contributed by atoms with E-state index in [4.69, 9.17) is 4.74 Å². The summed E-state index contributed by atoms with van der Waals surface area (Å²) in [5.41, 5.74) is 5.06. The van der Waals surface area contributed by atoms with Gasteiger partial charge in [0.05, 0.1) is 12.8 Å². The van der Waals surface area contributed by atoms with Crippen LogP contribution in [-0.4, -0.2) is 18.0 Å². The molecule has 0 fully saturated rings. The number of rotatable bonds is 5. The van der Waals surface area contributed by atoms with Gasteiger partial charge in [0.2, 0.25) is 0 Å². The molecule has 0 aliphatic carbocycles. The number of nitrogens with zero attached hydrogens (tertiary/aromatic N) is 1. The fourth-order valence-corrected chi connectivity index (χ4v) is 2.78. The number of carbonyl (C=O) groups is 1. The molecular weight excluding hydrogens is 326 g/mol. The van der Waals surface area contributed by atoms with Gasteiger partial charge in [0.15, 0.2) is 0 Å². The lowest BCUT2D eigenvalue weighted by Crippen LogP contribution is -2.14. The van der Waals surface area contributed by atoms with E-state index < -0.39 is 0 Å². The number of aromatic nitrogens is 1. The van der Waals surface area contributed by atoms with Crippen molar-refractivity contribution in [1.29, 1.82) is 0 Å². The van der Waals surface area contributed by atoms with Crippen molar-refractivity contribution in [2.24, 2.45) is 0 Å². The number of hydrogen-bond donors (Lipinski definition) is 2. The summed E-state index contributed by atoms with van der Waals surface area (Å²) in [5, 5.41) is 6.16. The molecule has 2 aromatic carbocycles. The van der Waals surface area contributed by atoms with Crippen molar-refractivity contribution in [2.45, 2.75) is 13.8 Å². The minimum Gasteiger partial charge on any atom is -0.495 e. The maximum absolute atomic E-state index is 12.5. The lowest BCUT2D eigenvalue weighted by Gasteiger charge is -2.11. The highest BCUT2D eigenvalue weighted by Gasteiger charge is 2.11. The Morgan fingerprint density at radius 2 is 1.69 bits per heavy atom. The second kappa shape index (κ2) is 7.70. The number of para-hydroxylation sites is 2. The number of benzene rings is 2. The Morgan fingerprint density at radius 3 is 2.42 bits per heavy atom. The number of aryl methyl sites for hydroxylation is 2. The van der Waals surface area contributed by atoms with Gasteiger partial charge in [-0.15, -0.1) is 0 Å². The van der Waals surface area contributed by atoms with Gasteiger partial charge in [0.1, 0.15) is 11.4 Å². The third kappa shape index (κ3) is 4.19. The Labute approximate surface area is 153 Å². The van der Waals surface area contributed by atoms with Crippen LogP contribution in [0.15, 0.2) is 60.8 Å². The van der Waals surface area contributed by atoms with Gasteiger partial charge in [-0.25, -0.2) is 0 Å². The van der Waals surface area contributed by atoms with E-state index in [2.05, 4.69) is 47.7 Å². The Hall–Kier alpha value is -3.34. The Balaban J connectivity index is 1.79. The average molecular weight is 347 g/mol. The SMILES string of the molecule is COc1ccccc1NC(=O)c1cc(Nc2cc(C)cc(C)c2)ccn1. The second-order valence-corrected chi connectivity index (χ2v) is 6.09. The molecule has 0 atom stereocenters. The zero-order valence-corrected chi connectivity index (χ0v) is 15.0. The van der Waals surface area contributed by atoms with E-state index >= 15 is 0 Å². The van der Waals surface area contributed by atoms with Gasteiger partial charge in [-0.1, -0.05) is 18.2 Å². The lowest BCUT2D eigenvalue weighted by atomic mass is 10.1. The largest absolute Gasteiger partial charge is 0.495 e. The quantitative estimate of drug-likeness (QED) is 0.702. The summed E-state index contributed by atoms with van der Waals surface area (Å²) in [4.78, 5) is 16.7. The normalized spacial score (nSPS) is 10.3. The molecule has 132 valence electrons. The van der Waals surface area contributed by atoms with Crippen molar-refractivity contribution in [3.8, 4) is 5.75 Å². The van der Waals surface area contributed by atoms with Gasteiger partial charge in [0, 0.05) is 17.6 Å². The van der Waals surface area contributed by atoms with E-state index in [9.17, 15) is 4.79 Å². The summed E-state index contributed by atoms with van der Waals surface area (Å²) in [7, 11) is 1.57. The Morgan fingerprint density at radius 1 is 0.962 bits per heavy atom. The standard InChI is InChI=1S/C21H21N3O2/c1-14-10-15(2)12-17(11-14)23-16-8-9-22-19(13-16)21(25)24-18-6-4-5-7-20(18)26-3/h4-13H,1-3H3,(H,22,23)(H,24,25). The molecule has 0 saturated carbocycles. The van der Waals surface area contributed by atoms with Crippen molar-refractivity contribution < 1.29 is 9.53 Å². The number of methoxy groups -OCH3 is 1. The number of amides is 1. The van der Waals surface area contributed by atoms with Crippen LogP contribution in [0.4, 0.5) is 17.1 Å². The summed E-state index contributed by atoms with van der Waals surface area (Å²) < 4.78 is 5.26. The smallest absolute Gasteiger partial charge is 0.274 e. The van der Waals surface area contributed by atoms with Crippen molar-refractivity contribution in [3.63, 3.8) is 0 Å². The minimum absolute atomic E-state index is 0.293. The van der Waals surface area contributed by atoms with Crippen LogP contribution in [0.3, 0.4) is 0 Å². The van der Waals surface area contributed by atoms with E-state index in [1.54, 1.807) is 31.5 Å². The van der Waals surface area contributed by atoms with E-state index in [1.807, 2.05) is 18.2 Å². The summed E-state index contributed by atoms with van der Waals surface area (Å²) in [6.07, 6.45) is 1.61. The van der Waals surface area contributed by atoms with Gasteiger partial charge in [-0.3, -0.25) is 9.78 Å². The number of hydrogen-bond acceptors (Lipinski definition) is 4. The molecule has 2 N–H and O–H groups in total. The molecule has 3 rings (SSSR count). The molecule has 0 unspecified atom stereocenters. The Kier molecular flexibility index (Phi) is 5.17. The van der Waals surface area contributed by atoms with Gasteiger partial charge < -0.3 is 15.4 Å². The molecule has 0 bridgehead atoms. The molecule has 5 nitrogen and oxygen atoms in total. The summed E-state index contributed by atoms with van der Waals surface area (Å²) >= 11 is 0. The van der Waals surface area contributed by atoms with Crippen LogP contribution in [0.5, 0.6) is 5.75 Å². The fraction of sp³-hybridized carbons (Fsp3) is 0.143. The molecule has 1 aromatic heterocycles. The van der Waals surface area contributed by atoms with Crippen LogP contribution in [0, 0.1) is 13.8 Å². The van der Waals surface area contributed by atoms with E-state index in [-0.39, 0.29) is 5.91 Å². The lowest BCUT2D eigenvalue weighted by molar-refractivity contribution is 0.102. The monoisotopic (exact) mass is 347 g/mol. The van der Waals surface area contributed by atoms with Gasteiger partial charge in [-0.2, -0.15) is 0 Å². The van der Waals surface area contributed by atoms with Crippen LogP contribution in [0.25, 0.3) is 0 Å². The summed E-state index contributed by atoms with van der Waals surface area (Å²) in [6.45, 7) is 4.10. The summed E-state index contributed by atoms with van der Waals surface area (Å²) in [5.74, 6) is 0.309. The molecule has 0 radical (unpaired) electrons. The van der Waals surface area contributed by atoms with Crippen LogP contribution >= 0.6 is 0 Å². The van der Waals surface area contributed by atoms with Crippen LogP contribution < -0.4 is 15.4 Å². The molecule has 0 aliphatic rings. The number of anilines is 3. The third-order valence-corrected chi connectivity index (χ3v) is 3.86. The number of pyridine rings is 1. The first-order valence-corrected chi connectivity index (χ1v) is 8.31. The van der Waals surface area contributed by atoms with Crippen LogP contribution in [0.2, 0.25) is 0 Å². The number of ether oxygens (including phenoxy) is 1. The van der Waals surface area contributed by atoms with E-state index in [0.717, 1.165) is 11.4 Å². The molecular formula is C21H21N3O2. The topological polar surface area (TPSA) is 63.2 Å². The zero-order chi connectivity index (χ0) is 18.5. The highest BCUT2D eigenvalue weighted by Crippen LogP contribution is 2.24. The summed E-state index contributed by atoms with van der Waals surface area (Å²) in [6, 6.07) is 17.0. The highest BCUT2D eigenvalue weighted by atomic mass is 16.5. The second-order valence-electron chi connectivity index (χ2n) is 6.09. The van der Waals surface area contributed by atoms with E-state index in [1.165, 1.54) is 11.1 Å². The highest BCUT2D eigenvalue weighted by molar-refractivity contribution is 6.04. The molecule has 5 heteroatoms. The van der Waals surface area contributed by atoms with Crippen molar-refractivity contribution >= 4 is 23.0 Å². The average Bonchev–Trinajstić information content (AvgIpc) is 2.61. The predicted molar refractivity (Wildman–Crippen MR) is 104 cm³/mol. The fourth-order valence-electron chi connectivity index (χ4n) is 2.78. The molecule has 26 heavy (non-hydrogen) atoms. The van der Waals surface area contributed by atoms with Gasteiger partial charge in [-0.05, 0) is 61.4 Å². The molecule has 1 amide bonds. The molecule has 0 saturated heterocycles. The molecule has 0 aliphatic heterocycles. The predicted octanol–water partition coefficient (Wildman–Crippen LogP) is 4.70.